The normalized spacial score (nSPS) is 27.6. The van der Waals surface area contributed by atoms with Gasteiger partial charge < -0.3 is 15.7 Å². The molecule has 3 rings (SSSR count). The molecule has 21 heavy (non-hydrogen) atoms. The molecule has 116 valence electrons. The van der Waals surface area contributed by atoms with E-state index in [9.17, 15) is 9.90 Å². The second-order valence-corrected chi connectivity index (χ2v) is 5.87. The fourth-order valence-corrected chi connectivity index (χ4v) is 3.31. The van der Waals surface area contributed by atoms with Crippen LogP contribution in [0.1, 0.15) is 29.9 Å². The van der Waals surface area contributed by atoms with Crippen LogP contribution in [0.4, 0.5) is 0 Å². The Morgan fingerprint density at radius 1 is 1.33 bits per heavy atom. The number of carbonyl (C=O) groups excluding carboxylic acids is 1. The van der Waals surface area contributed by atoms with Gasteiger partial charge in [0.25, 0.3) is 0 Å². The second kappa shape index (κ2) is 7.25. The van der Waals surface area contributed by atoms with Crippen molar-refractivity contribution >= 4 is 18.3 Å². The van der Waals surface area contributed by atoms with Crippen LogP contribution < -0.4 is 10.6 Å². The number of aryl methyl sites for hydroxylation is 1. The highest BCUT2D eigenvalue weighted by Gasteiger charge is 2.29. The predicted molar refractivity (Wildman–Crippen MR) is 84.7 cm³/mol. The maximum atomic E-state index is 12.4. The van der Waals surface area contributed by atoms with E-state index in [1.54, 1.807) is 0 Å². The molecule has 1 amide bonds. The lowest BCUT2D eigenvalue weighted by molar-refractivity contribution is -0.123. The second-order valence-electron chi connectivity index (χ2n) is 5.87. The highest BCUT2D eigenvalue weighted by Crippen LogP contribution is 2.31. The van der Waals surface area contributed by atoms with Gasteiger partial charge in [0.15, 0.2) is 0 Å². The predicted octanol–water partition coefficient (Wildman–Crippen LogP) is 1.22. The minimum Gasteiger partial charge on any atom is -0.391 e. The highest BCUT2D eigenvalue weighted by molar-refractivity contribution is 5.85. The summed E-state index contributed by atoms with van der Waals surface area (Å²) < 4.78 is 0. The Labute approximate surface area is 131 Å². The van der Waals surface area contributed by atoms with Gasteiger partial charge in [0, 0.05) is 25.6 Å². The van der Waals surface area contributed by atoms with E-state index < -0.39 is 0 Å². The smallest absolute Gasteiger partial charge is 0.227 e. The van der Waals surface area contributed by atoms with Crippen molar-refractivity contribution in [1.29, 1.82) is 0 Å². The third-order valence-corrected chi connectivity index (χ3v) is 4.53. The van der Waals surface area contributed by atoms with E-state index in [2.05, 4.69) is 22.8 Å². The molecule has 1 aromatic carbocycles. The van der Waals surface area contributed by atoms with Crippen LogP contribution in [-0.4, -0.2) is 36.8 Å². The number of β-amino-alcohol motifs (C(OH)–C–C–N with tert-alkyl or cyclic N) is 1. The fraction of sp³-hybridized carbons (Fsp3) is 0.562. The summed E-state index contributed by atoms with van der Waals surface area (Å²) in [6, 6.07) is 8.25. The SMILES string of the molecule is Cl.O=C(NCC1CNCC1O)C1CCCc2ccccc21. The number of rotatable bonds is 3. The highest BCUT2D eigenvalue weighted by atomic mass is 35.5. The summed E-state index contributed by atoms with van der Waals surface area (Å²) in [5, 5.41) is 15.9. The third-order valence-electron chi connectivity index (χ3n) is 4.53. The van der Waals surface area contributed by atoms with Crippen molar-refractivity contribution in [2.45, 2.75) is 31.3 Å². The fourth-order valence-electron chi connectivity index (χ4n) is 3.31. The number of amides is 1. The number of nitrogens with one attached hydrogen (secondary N) is 2. The van der Waals surface area contributed by atoms with E-state index in [1.165, 1.54) is 11.1 Å². The minimum absolute atomic E-state index is 0. The van der Waals surface area contributed by atoms with E-state index in [0.717, 1.165) is 25.8 Å². The first kappa shape index (κ1) is 16.3. The summed E-state index contributed by atoms with van der Waals surface area (Å²) in [6.45, 7) is 1.97. The Bertz CT molecular complexity index is 495. The summed E-state index contributed by atoms with van der Waals surface area (Å²) in [7, 11) is 0. The van der Waals surface area contributed by atoms with Crippen molar-refractivity contribution in [2.75, 3.05) is 19.6 Å². The standard InChI is InChI=1S/C16H22N2O2.ClH/c19-15-10-17-8-12(15)9-18-16(20)14-7-3-5-11-4-1-2-6-13(11)14;/h1-2,4,6,12,14-15,17,19H,3,5,7-10H2,(H,18,20);1H. The summed E-state index contributed by atoms with van der Waals surface area (Å²) in [4.78, 5) is 12.4. The van der Waals surface area contributed by atoms with Crippen LogP contribution in [0.3, 0.4) is 0 Å². The van der Waals surface area contributed by atoms with Crippen molar-refractivity contribution < 1.29 is 9.90 Å². The summed E-state index contributed by atoms with van der Waals surface area (Å²) >= 11 is 0. The molecule has 1 aromatic rings. The Morgan fingerprint density at radius 2 is 2.14 bits per heavy atom. The molecule has 1 fully saturated rings. The molecule has 3 unspecified atom stereocenters. The number of aliphatic hydroxyl groups is 1. The molecule has 0 bridgehead atoms. The molecular weight excluding hydrogens is 288 g/mol. The van der Waals surface area contributed by atoms with Gasteiger partial charge >= 0.3 is 0 Å². The number of fused-ring (bicyclic) bond motifs is 1. The van der Waals surface area contributed by atoms with Gasteiger partial charge in [0.2, 0.25) is 5.91 Å². The van der Waals surface area contributed by atoms with Crippen LogP contribution in [0.15, 0.2) is 24.3 Å². The topological polar surface area (TPSA) is 61.4 Å². The van der Waals surface area contributed by atoms with Crippen LogP contribution in [0, 0.1) is 5.92 Å². The van der Waals surface area contributed by atoms with Crippen LogP contribution in [0.5, 0.6) is 0 Å². The lowest BCUT2D eigenvalue weighted by Crippen LogP contribution is -2.37. The molecule has 1 saturated heterocycles. The van der Waals surface area contributed by atoms with Crippen LogP contribution >= 0.6 is 12.4 Å². The maximum absolute atomic E-state index is 12.4. The molecule has 3 N–H and O–H groups in total. The summed E-state index contributed by atoms with van der Waals surface area (Å²) in [6.07, 6.45) is 2.73. The number of carbonyl (C=O) groups is 1. The van der Waals surface area contributed by atoms with E-state index in [1.807, 2.05) is 12.1 Å². The zero-order valence-electron chi connectivity index (χ0n) is 12.0. The first-order valence-electron chi connectivity index (χ1n) is 7.50. The molecule has 3 atom stereocenters. The first-order valence-corrected chi connectivity index (χ1v) is 7.50. The van der Waals surface area contributed by atoms with Crippen LogP contribution in [0.25, 0.3) is 0 Å². The molecule has 0 radical (unpaired) electrons. The van der Waals surface area contributed by atoms with Gasteiger partial charge in [0.05, 0.1) is 12.0 Å². The van der Waals surface area contributed by atoms with E-state index >= 15 is 0 Å². The number of benzene rings is 1. The summed E-state index contributed by atoms with van der Waals surface area (Å²) in [5.74, 6) is 0.223. The number of aliphatic hydroxyl groups excluding tert-OH is 1. The van der Waals surface area contributed by atoms with Crippen LogP contribution in [-0.2, 0) is 11.2 Å². The van der Waals surface area contributed by atoms with Crippen LogP contribution in [0.2, 0.25) is 0 Å². The average Bonchev–Trinajstić information content (AvgIpc) is 2.89. The van der Waals surface area contributed by atoms with E-state index in [-0.39, 0.29) is 36.3 Å². The zero-order valence-corrected chi connectivity index (χ0v) is 12.9. The quantitative estimate of drug-likeness (QED) is 0.787. The van der Waals surface area contributed by atoms with Gasteiger partial charge in [-0.2, -0.15) is 0 Å². The largest absolute Gasteiger partial charge is 0.391 e. The first-order chi connectivity index (χ1) is 9.75. The van der Waals surface area contributed by atoms with Gasteiger partial charge in [-0.15, -0.1) is 12.4 Å². The molecule has 5 heteroatoms. The Balaban J connectivity index is 0.00000161. The Kier molecular flexibility index (Phi) is 5.62. The molecule has 0 aromatic heterocycles. The lowest BCUT2D eigenvalue weighted by atomic mass is 9.82. The monoisotopic (exact) mass is 310 g/mol. The molecule has 1 aliphatic heterocycles. The van der Waals surface area contributed by atoms with Gasteiger partial charge in [-0.1, -0.05) is 24.3 Å². The van der Waals surface area contributed by atoms with Gasteiger partial charge in [-0.05, 0) is 30.4 Å². The van der Waals surface area contributed by atoms with E-state index in [4.69, 9.17) is 0 Å². The van der Waals surface area contributed by atoms with Gasteiger partial charge in [-0.25, -0.2) is 0 Å². The molecule has 2 aliphatic rings. The Hall–Kier alpha value is -1.10. The third kappa shape index (κ3) is 3.57. The minimum atomic E-state index is -0.339. The van der Waals surface area contributed by atoms with Crippen molar-refractivity contribution in [3.63, 3.8) is 0 Å². The van der Waals surface area contributed by atoms with Gasteiger partial charge in [0.1, 0.15) is 0 Å². The molecule has 1 aliphatic carbocycles. The maximum Gasteiger partial charge on any atom is 0.227 e. The van der Waals surface area contributed by atoms with Crippen molar-refractivity contribution in [2.24, 2.45) is 5.92 Å². The Morgan fingerprint density at radius 3 is 2.90 bits per heavy atom. The zero-order chi connectivity index (χ0) is 13.9. The molecular formula is C16H23ClN2O2. The number of hydrogen-bond donors (Lipinski definition) is 3. The average molecular weight is 311 g/mol. The molecule has 0 spiro atoms. The van der Waals surface area contributed by atoms with Crippen molar-refractivity contribution in [3.8, 4) is 0 Å². The van der Waals surface area contributed by atoms with Gasteiger partial charge in [-0.3, -0.25) is 4.79 Å². The molecule has 1 heterocycles. The van der Waals surface area contributed by atoms with E-state index in [0.29, 0.717) is 13.1 Å². The lowest BCUT2D eigenvalue weighted by Gasteiger charge is -2.25. The molecule has 0 saturated carbocycles. The summed E-state index contributed by atoms with van der Waals surface area (Å²) in [5.41, 5.74) is 2.49. The number of hydrogen-bond acceptors (Lipinski definition) is 3. The number of halogens is 1. The molecule has 4 nitrogen and oxygen atoms in total. The van der Waals surface area contributed by atoms with Crippen molar-refractivity contribution in [3.05, 3.63) is 35.4 Å². The van der Waals surface area contributed by atoms with Crippen molar-refractivity contribution in [1.82, 2.24) is 10.6 Å².